The molecule has 3 N–H and O–H groups in total. The lowest BCUT2D eigenvalue weighted by molar-refractivity contribution is 0.0955. The van der Waals surface area contributed by atoms with Crippen LogP contribution in [0.3, 0.4) is 0 Å². The third-order valence-electron chi connectivity index (χ3n) is 3.55. The largest absolute Gasteiger partial charge is 0.351 e. The smallest absolute Gasteiger partial charge is 0.261 e. The van der Waals surface area contributed by atoms with Gasteiger partial charge in [0.1, 0.15) is 0 Å². The number of para-hydroxylation sites is 1. The molecule has 0 radical (unpaired) electrons. The fraction of sp³-hybridized carbons (Fsp3) is 0.278. The summed E-state index contributed by atoms with van der Waals surface area (Å²) in [6, 6.07) is 12.3. The average Bonchev–Trinajstić information content (AvgIpc) is 2.62. The van der Waals surface area contributed by atoms with E-state index < -0.39 is 10.0 Å². The topological polar surface area (TPSA) is 87.3 Å². The van der Waals surface area contributed by atoms with Crippen LogP contribution in [0.25, 0.3) is 0 Å². The van der Waals surface area contributed by atoms with Crippen LogP contribution in [0.5, 0.6) is 0 Å². The van der Waals surface area contributed by atoms with Crippen LogP contribution in [0.4, 0.5) is 5.69 Å². The number of halogens is 1. The highest BCUT2D eigenvalue weighted by Crippen LogP contribution is 2.21. The number of nitrogens with one attached hydrogen (secondary N) is 3. The van der Waals surface area contributed by atoms with Gasteiger partial charge in [-0.15, -0.1) is 0 Å². The minimum atomic E-state index is -3.82. The van der Waals surface area contributed by atoms with E-state index in [1.165, 1.54) is 24.3 Å². The molecule has 0 aliphatic rings. The molecule has 0 bridgehead atoms. The first-order valence-corrected chi connectivity index (χ1v) is 10.2. The third kappa shape index (κ3) is 5.72. The van der Waals surface area contributed by atoms with E-state index in [1.54, 1.807) is 24.3 Å². The Balaban J connectivity index is 2.10. The molecule has 6 nitrogen and oxygen atoms in total. The number of hydrogen-bond acceptors (Lipinski definition) is 4. The number of amides is 1. The zero-order valence-corrected chi connectivity index (χ0v) is 16.0. The molecule has 0 aromatic heterocycles. The van der Waals surface area contributed by atoms with Crippen LogP contribution >= 0.6 is 11.6 Å². The summed E-state index contributed by atoms with van der Waals surface area (Å²) in [4.78, 5) is 12.4. The molecule has 26 heavy (non-hydrogen) atoms. The maximum Gasteiger partial charge on any atom is 0.261 e. The predicted octanol–water partition coefficient (Wildman–Crippen LogP) is 2.87. The molecule has 2 aromatic rings. The minimum absolute atomic E-state index is 0.0703. The van der Waals surface area contributed by atoms with E-state index in [4.69, 9.17) is 11.6 Å². The van der Waals surface area contributed by atoms with E-state index in [0.29, 0.717) is 18.1 Å². The third-order valence-corrected chi connectivity index (χ3v) is 5.19. The van der Waals surface area contributed by atoms with Crippen LogP contribution in [-0.2, 0) is 10.0 Å². The molecule has 0 aliphatic heterocycles. The molecule has 0 spiro atoms. The molecule has 1 amide bonds. The van der Waals surface area contributed by atoms with Gasteiger partial charge in [0, 0.05) is 18.1 Å². The van der Waals surface area contributed by atoms with Gasteiger partial charge in [0.15, 0.2) is 0 Å². The summed E-state index contributed by atoms with van der Waals surface area (Å²) in [7, 11) is -3.82. The lowest BCUT2D eigenvalue weighted by Gasteiger charge is -2.13. The highest BCUT2D eigenvalue weighted by Gasteiger charge is 2.18. The van der Waals surface area contributed by atoms with Crippen molar-refractivity contribution in [1.82, 2.24) is 10.6 Å². The molecule has 2 aromatic carbocycles. The molecule has 8 heteroatoms. The van der Waals surface area contributed by atoms with Crippen LogP contribution in [0.2, 0.25) is 5.02 Å². The summed E-state index contributed by atoms with van der Waals surface area (Å²) >= 11 is 5.80. The van der Waals surface area contributed by atoms with Crippen molar-refractivity contribution in [2.24, 2.45) is 0 Å². The molecule has 0 saturated carbocycles. The van der Waals surface area contributed by atoms with Crippen LogP contribution in [-0.4, -0.2) is 34.0 Å². The van der Waals surface area contributed by atoms with Crippen molar-refractivity contribution in [1.29, 1.82) is 0 Å². The van der Waals surface area contributed by atoms with E-state index in [2.05, 4.69) is 22.3 Å². The van der Waals surface area contributed by atoms with Crippen molar-refractivity contribution in [2.75, 3.05) is 24.4 Å². The first-order valence-electron chi connectivity index (χ1n) is 8.30. The summed E-state index contributed by atoms with van der Waals surface area (Å²) < 4.78 is 27.5. The SMILES string of the molecule is CCCNCCNC(=O)c1ccccc1NS(=O)(=O)c1ccc(Cl)cc1. The van der Waals surface area contributed by atoms with Gasteiger partial charge in [-0.1, -0.05) is 30.7 Å². The number of hydrogen-bond donors (Lipinski definition) is 3. The molecule has 0 atom stereocenters. The molecule has 2 rings (SSSR count). The van der Waals surface area contributed by atoms with Crippen molar-refractivity contribution >= 4 is 33.2 Å². The second kappa shape index (κ2) is 9.56. The Morgan fingerprint density at radius 2 is 1.69 bits per heavy atom. The van der Waals surface area contributed by atoms with Gasteiger partial charge in [-0.3, -0.25) is 9.52 Å². The van der Waals surface area contributed by atoms with Gasteiger partial charge < -0.3 is 10.6 Å². The van der Waals surface area contributed by atoms with Gasteiger partial charge in [-0.05, 0) is 49.4 Å². The quantitative estimate of drug-likeness (QED) is 0.570. The number of rotatable bonds is 9. The molecule has 0 aliphatic carbocycles. The van der Waals surface area contributed by atoms with Crippen molar-refractivity contribution in [3.63, 3.8) is 0 Å². The van der Waals surface area contributed by atoms with E-state index in [0.717, 1.165) is 13.0 Å². The van der Waals surface area contributed by atoms with Crippen molar-refractivity contribution in [3.8, 4) is 0 Å². The van der Waals surface area contributed by atoms with Gasteiger partial charge in [0.2, 0.25) is 0 Å². The Bertz CT molecular complexity index is 839. The van der Waals surface area contributed by atoms with Crippen LogP contribution in [0.1, 0.15) is 23.7 Å². The number of anilines is 1. The van der Waals surface area contributed by atoms with Crippen molar-refractivity contribution < 1.29 is 13.2 Å². The summed E-state index contributed by atoms with van der Waals surface area (Å²) in [6.07, 6.45) is 1.02. The van der Waals surface area contributed by atoms with Gasteiger partial charge in [0.25, 0.3) is 15.9 Å². The maximum absolute atomic E-state index is 12.5. The Labute approximate surface area is 159 Å². The second-order valence-corrected chi connectivity index (χ2v) is 7.73. The minimum Gasteiger partial charge on any atom is -0.351 e. The van der Waals surface area contributed by atoms with Gasteiger partial charge >= 0.3 is 0 Å². The molecular formula is C18H22ClN3O3S. The second-order valence-electron chi connectivity index (χ2n) is 5.61. The van der Waals surface area contributed by atoms with Gasteiger partial charge in [-0.25, -0.2) is 8.42 Å². The predicted molar refractivity (Wildman–Crippen MR) is 104 cm³/mol. The number of carbonyl (C=O) groups excluding carboxylic acids is 1. The molecule has 0 heterocycles. The summed E-state index contributed by atoms with van der Waals surface area (Å²) in [5, 5.41) is 6.41. The Morgan fingerprint density at radius 3 is 2.38 bits per heavy atom. The lowest BCUT2D eigenvalue weighted by Crippen LogP contribution is -2.32. The molecule has 0 unspecified atom stereocenters. The number of benzene rings is 2. The van der Waals surface area contributed by atoms with Crippen LogP contribution < -0.4 is 15.4 Å². The Hall–Kier alpha value is -2.09. The summed E-state index contributed by atoms with van der Waals surface area (Å²) in [5.41, 5.74) is 0.488. The fourth-order valence-corrected chi connectivity index (χ4v) is 3.45. The maximum atomic E-state index is 12.5. The first-order chi connectivity index (χ1) is 12.4. The summed E-state index contributed by atoms with van der Waals surface area (Å²) in [5.74, 6) is -0.335. The highest BCUT2D eigenvalue weighted by atomic mass is 35.5. The monoisotopic (exact) mass is 395 g/mol. The zero-order valence-electron chi connectivity index (χ0n) is 14.5. The Morgan fingerprint density at radius 1 is 1.00 bits per heavy atom. The molecule has 140 valence electrons. The lowest BCUT2D eigenvalue weighted by atomic mass is 10.1. The number of sulfonamides is 1. The van der Waals surface area contributed by atoms with E-state index in [-0.39, 0.29) is 22.1 Å². The average molecular weight is 396 g/mol. The standard InChI is InChI=1S/C18H22ClN3O3S/c1-2-11-20-12-13-21-18(23)16-5-3-4-6-17(16)22-26(24,25)15-9-7-14(19)8-10-15/h3-10,20,22H,2,11-13H2,1H3,(H,21,23). The molecular weight excluding hydrogens is 374 g/mol. The van der Waals surface area contributed by atoms with E-state index >= 15 is 0 Å². The molecule has 0 fully saturated rings. The zero-order chi connectivity index (χ0) is 19.0. The first kappa shape index (κ1) is 20.2. The normalized spacial score (nSPS) is 11.2. The van der Waals surface area contributed by atoms with Crippen molar-refractivity contribution in [3.05, 3.63) is 59.1 Å². The van der Waals surface area contributed by atoms with Crippen LogP contribution in [0, 0.1) is 0 Å². The van der Waals surface area contributed by atoms with Crippen LogP contribution in [0.15, 0.2) is 53.4 Å². The van der Waals surface area contributed by atoms with Gasteiger partial charge in [0.05, 0.1) is 16.1 Å². The van der Waals surface area contributed by atoms with E-state index in [1.807, 2.05) is 0 Å². The fourth-order valence-electron chi connectivity index (χ4n) is 2.25. The summed E-state index contributed by atoms with van der Waals surface area (Å²) in [6.45, 7) is 4.05. The van der Waals surface area contributed by atoms with Crippen molar-refractivity contribution in [2.45, 2.75) is 18.2 Å². The Kier molecular flexibility index (Phi) is 7.44. The highest BCUT2D eigenvalue weighted by molar-refractivity contribution is 7.92. The molecule has 0 saturated heterocycles. The van der Waals surface area contributed by atoms with Gasteiger partial charge in [-0.2, -0.15) is 0 Å². The number of carbonyl (C=O) groups is 1. The van der Waals surface area contributed by atoms with E-state index in [9.17, 15) is 13.2 Å².